The third-order valence-electron chi connectivity index (χ3n) is 6.07. The number of ether oxygens (including phenoxy) is 1. The average Bonchev–Trinajstić information content (AvgIpc) is 2.84. The molecule has 0 bridgehead atoms. The van der Waals surface area contributed by atoms with Crippen molar-refractivity contribution in [2.24, 2.45) is 5.92 Å². The molecule has 2 aromatic rings. The number of ketones is 2. The van der Waals surface area contributed by atoms with Gasteiger partial charge in [0.1, 0.15) is 11.6 Å². The molecule has 1 aromatic carbocycles. The minimum Gasteiger partial charge on any atom is -0.504 e. The molecule has 1 unspecified atom stereocenters. The van der Waals surface area contributed by atoms with E-state index in [1.807, 2.05) is 13.1 Å². The summed E-state index contributed by atoms with van der Waals surface area (Å²) >= 11 is 0. The highest BCUT2D eigenvalue weighted by Gasteiger charge is 2.16. The number of hydrogen-bond acceptors (Lipinski definition) is 8. The first-order valence-electron chi connectivity index (χ1n) is 12.4. The van der Waals surface area contributed by atoms with Gasteiger partial charge in [0, 0.05) is 12.6 Å². The van der Waals surface area contributed by atoms with E-state index in [0.29, 0.717) is 41.3 Å². The standard InChI is InChI=1S/C28H39N3O5/c1-19(16-30-2)7-5-4-6-8-23(33)14-24(34)12-22(18-32)25-15-27(36-3)26(35)13-21(25)11-20-9-10-28(29)31-17-20/h9-10,12-13,15,17,19,30,32,35H,4-8,11,14,16,18H2,1-3H3,(H2,29,31). The van der Waals surface area contributed by atoms with Crippen molar-refractivity contribution in [1.82, 2.24) is 10.3 Å². The number of unbranched alkanes of at least 4 members (excludes halogenated alkanes) is 2. The molecule has 5 N–H and O–H groups in total. The van der Waals surface area contributed by atoms with Crippen molar-refractivity contribution in [3.8, 4) is 11.5 Å². The molecule has 0 amide bonds. The van der Waals surface area contributed by atoms with Crippen LogP contribution >= 0.6 is 0 Å². The Bertz CT molecular complexity index is 1030. The minimum absolute atomic E-state index is 0.0567. The first-order chi connectivity index (χ1) is 17.3. The predicted octanol–water partition coefficient (Wildman–Crippen LogP) is 3.68. The van der Waals surface area contributed by atoms with Crippen LogP contribution in [0.4, 0.5) is 5.82 Å². The molecule has 0 aliphatic heterocycles. The molecule has 1 atom stereocenters. The van der Waals surface area contributed by atoms with Gasteiger partial charge in [0.25, 0.3) is 0 Å². The Morgan fingerprint density at radius 2 is 2.00 bits per heavy atom. The summed E-state index contributed by atoms with van der Waals surface area (Å²) in [7, 11) is 3.37. The molecule has 8 nitrogen and oxygen atoms in total. The van der Waals surface area contributed by atoms with E-state index in [0.717, 1.165) is 37.8 Å². The lowest BCUT2D eigenvalue weighted by atomic mass is 9.93. The van der Waals surface area contributed by atoms with Crippen LogP contribution in [-0.2, 0) is 16.0 Å². The number of Topliss-reactive ketones (excluding diaryl/α,β-unsaturated/α-hetero) is 1. The van der Waals surface area contributed by atoms with Crippen molar-refractivity contribution in [2.75, 3.05) is 33.0 Å². The molecule has 2 rings (SSSR count). The Kier molecular flexibility index (Phi) is 12.1. The van der Waals surface area contributed by atoms with E-state index in [1.54, 1.807) is 24.4 Å². The quantitative estimate of drug-likeness (QED) is 0.157. The Hall–Kier alpha value is -3.23. The summed E-state index contributed by atoms with van der Waals surface area (Å²) in [4.78, 5) is 29.1. The maximum atomic E-state index is 12.7. The molecule has 196 valence electrons. The number of phenols is 1. The second-order valence-corrected chi connectivity index (χ2v) is 9.22. The number of nitrogens with one attached hydrogen (secondary N) is 1. The Morgan fingerprint density at radius 1 is 1.22 bits per heavy atom. The number of nitrogens with two attached hydrogens (primary N) is 1. The lowest BCUT2D eigenvalue weighted by Crippen LogP contribution is -2.15. The first kappa shape index (κ1) is 29.0. The molecule has 36 heavy (non-hydrogen) atoms. The molecule has 0 spiro atoms. The minimum atomic E-state index is -0.411. The van der Waals surface area contributed by atoms with E-state index in [1.165, 1.54) is 13.2 Å². The zero-order valence-corrected chi connectivity index (χ0v) is 21.5. The number of carbonyl (C=O) groups excluding carboxylic acids is 2. The number of phenolic OH excluding ortho intramolecular Hbond substituents is 1. The van der Waals surface area contributed by atoms with Crippen molar-refractivity contribution < 1.29 is 24.5 Å². The second kappa shape index (κ2) is 15.0. The number of nitrogens with zero attached hydrogens (tertiary/aromatic N) is 1. The lowest BCUT2D eigenvalue weighted by molar-refractivity contribution is -0.124. The van der Waals surface area contributed by atoms with Gasteiger partial charge >= 0.3 is 0 Å². The fraction of sp³-hybridized carbons (Fsp3) is 0.464. The van der Waals surface area contributed by atoms with Crippen LogP contribution in [0.5, 0.6) is 11.5 Å². The van der Waals surface area contributed by atoms with E-state index >= 15 is 0 Å². The number of aliphatic hydroxyl groups is 1. The van der Waals surface area contributed by atoms with Gasteiger partial charge in [-0.05, 0) is 85.3 Å². The highest BCUT2D eigenvalue weighted by molar-refractivity contribution is 6.07. The number of aromatic hydroxyl groups is 1. The molecular formula is C28H39N3O5. The van der Waals surface area contributed by atoms with E-state index < -0.39 is 6.61 Å². The van der Waals surface area contributed by atoms with Crippen molar-refractivity contribution in [3.63, 3.8) is 0 Å². The van der Waals surface area contributed by atoms with Crippen LogP contribution in [0, 0.1) is 5.92 Å². The van der Waals surface area contributed by atoms with Crippen molar-refractivity contribution in [2.45, 2.75) is 51.9 Å². The van der Waals surface area contributed by atoms with Crippen molar-refractivity contribution in [3.05, 3.63) is 53.2 Å². The topological polar surface area (TPSA) is 135 Å². The third-order valence-corrected chi connectivity index (χ3v) is 6.07. The maximum absolute atomic E-state index is 12.7. The van der Waals surface area contributed by atoms with Crippen LogP contribution in [0.3, 0.4) is 0 Å². The van der Waals surface area contributed by atoms with Gasteiger partial charge < -0.3 is 26.0 Å². The van der Waals surface area contributed by atoms with E-state index in [4.69, 9.17) is 10.5 Å². The summed E-state index contributed by atoms with van der Waals surface area (Å²) in [6.07, 6.45) is 7.41. The molecule has 1 aromatic heterocycles. The van der Waals surface area contributed by atoms with E-state index in [2.05, 4.69) is 17.2 Å². The number of aromatic nitrogens is 1. The molecule has 0 radical (unpaired) electrons. The predicted molar refractivity (Wildman–Crippen MR) is 142 cm³/mol. The number of benzene rings is 1. The van der Waals surface area contributed by atoms with Gasteiger partial charge in [0.2, 0.25) is 0 Å². The Morgan fingerprint density at radius 3 is 2.64 bits per heavy atom. The van der Waals surface area contributed by atoms with Gasteiger partial charge in [0.05, 0.1) is 20.1 Å². The van der Waals surface area contributed by atoms with Crippen molar-refractivity contribution >= 4 is 23.0 Å². The Labute approximate surface area is 213 Å². The Balaban J connectivity index is 2.08. The zero-order valence-electron chi connectivity index (χ0n) is 21.5. The molecule has 0 fully saturated rings. The van der Waals surface area contributed by atoms with Crippen LogP contribution < -0.4 is 15.8 Å². The van der Waals surface area contributed by atoms with Crippen LogP contribution in [-0.4, -0.2) is 54.1 Å². The molecule has 0 saturated heterocycles. The molecule has 8 heteroatoms. The van der Waals surface area contributed by atoms with Gasteiger partial charge in [-0.1, -0.05) is 25.8 Å². The lowest BCUT2D eigenvalue weighted by Gasteiger charge is -2.15. The summed E-state index contributed by atoms with van der Waals surface area (Å²) in [6, 6.07) is 6.63. The average molecular weight is 498 g/mol. The number of aliphatic hydroxyl groups excluding tert-OH is 1. The van der Waals surface area contributed by atoms with Crippen LogP contribution in [0.2, 0.25) is 0 Å². The summed E-state index contributed by atoms with van der Waals surface area (Å²) in [5.74, 6) is 0.696. The monoisotopic (exact) mass is 497 g/mol. The number of allylic oxidation sites excluding steroid dienone is 1. The number of carbonyl (C=O) groups is 2. The normalized spacial score (nSPS) is 12.4. The van der Waals surface area contributed by atoms with Gasteiger partial charge in [-0.3, -0.25) is 9.59 Å². The summed E-state index contributed by atoms with van der Waals surface area (Å²) in [5, 5.41) is 23.5. The van der Waals surface area contributed by atoms with Crippen molar-refractivity contribution in [1.29, 1.82) is 0 Å². The first-order valence-corrected chi connectivity index (χ1v) is 12.4. The van der Waals surface area contributed by atoms with Gasteiger partial charge in [-0.2, -0.15) is 0 Å². The zero-order chi connectivity index (χ0) is 26.5. The number of nitrogen functional groups attached to an aromatic ring is 1. The molecule has 1 heterocycles. The number of hydrogen-bond donors (Lipinski definition) is 4. The van der Waals surface area contributed by atoms with Crippen LogP contribution in [0.25, 0.3) is 5.57 Å². The summed E-state index contributed by atoms with van der Waals surface area (Å²) < 4.78 is 5.23. The van der Waals surface area contributed by atoms with E-state index in [-0.39, 0.29) is 29.5 Å². The highest BCUT2D eigenvalue weighted by atomic mass is 16.5. The van der Waals surface area contributed by atoms with Gasteiger partial charge in [-0.15, -0.1) is 0 Å². The fourth-order valence-electron chi connectivity index (χ4n) is 4.16. The highest BCUT2D eigenvalue weighted by Crippen LogP contribution is 2.34. The fourth-order valence-corrected chi connectivity index (χ4v) is 4.16. The molecule has 0 aliphatic rings. The number of anilines is 1. The molecule has 0 saturated carbocycles. The maximum Gasteiger partial charge on any atom is 0.163 e. The van der Waals surface area contributed by atoms with Crippen LogP contribution in [0.1, 0.15) is 62.1 Å². The van der Waals surface area contributed by atoms with Gasteiger partial charge in [-0.25, -0.2) is 4.98 Å². The SMILES string of the molecule is CNCC(C)CCCCCC(=O)CC(=O)C=C(CO)c1cc(OC)c(O)cc1Cc1ccc(N)nc1. The van der Waals surface area contributed by atoms with Gasteiger partial charge in [0.15, 0.2) is 17.3 Å². The second-order valence-electron chi connectivity index (χ2n) is 9.22. The third kappa shape index (κ3) is 9.43. The largest absolute Gasteiger partial charge is 0.504 e. The number of pyridine rings is 1. The van der Waals surface area contributed by atoms with E-state index in [9.17, 15) is 19.8 Å². The number of rotatable bonds is 16. The molecular weight excluding hydrogens is 458 g/mol. The molecule has 0 aliphatic carbocycles. The summed E-state index contributed by atoms with van der Waals surface area (Å²) in [6.45, 7) is 2.78. The smallest absolute Gasteiger partial charge is 0.163 e. The number of methoxy groups -OCH3 is 1. The summed E-state index contributed by atoms with van der Waals surface area (Å²) in [5.41, 5.74) is 8.09. The van der Waals surface area contributed by atoms with Crippen LogP contribution in [0.15, 0.2) is 36.5 Å².